The Hall–Kier alpha value is -1.86. The SMILES string of the molecule is CC(C)(C)OC(=O)N[C@H]1CCS(=O)(=O)C[C@H]1Nc1cnc(C#N)c(Br)c1. The van der Waals surface area contributed by atoms with Gasteiger partial charge in [0.05, 0.1) is 39.9 Å². The van der Waals surface area contributed by atoms with E-state index < -0.39 is 33.6 Å². The Labute approximate surface area is 161 Å². The van der Waals surface area contributed by atoms with Crippen LogP contribution in [0, 0.1) is 11.3 Å². The molecule has 1 saturated heterocycles. The largest absolute Gasteiger partial charge is 0.444 e. The van der Waals surface area contributed by atoms with Crippen molar-refractivity contribution in [2.24, 2.45) is 0 Å². The van der Waals surface area contributed by atoms with Crippen molar-refractivity contribution in [2.45, 2.75) is 44.9 Å². The number of halogens is 1. The van der Waals surface area contributed by atoms with E-state index in [0.717, 1.165) is 0 Å². The Morgan fingerprint density at radius 1 is 1.42 bits per heavy atom. The average Bonchev–Trinajstić information content (AvgIpc) is 2.48. The van der Waals surface area contributed by atoms with Crippen molar-refractivity contribution in [3.05, 3.63) is 22.4 Å². The van der Waals surface area contributed by atoms with Crippen LogP contribution in [0.2, 0.25) is 0 Å². The lowest BCUT2D eigenvalue weighted by atomic mass is 10.1. The van der Waals surface area contributed by atoms with Crippen LogP contribution < -0.4 is 10.6 Å². The summed E-state index contributed by atoms with van der Waals surface area (Å²) in [6.07, 6.45) is 1.15. The van der Waals surface area contributed by atoms with Crippen LogP contribution in [0.3, 0.4) is 0 Å². The standard InChI is InChI=1S/C16H21BrN4O4S/c1-16(2,3)25-15(22)21-12-4-5-26(23,24)9-14(12)20-10-6-11(17)13(7-18)19-8-10/h6,8,12,14,20H,4-5,9H2,1-3H3,(H,21,22)/t12-,14+/m0/s1. The Balaban J connectivity index is 2.16. The highest BCUT2D eigenvalue weighted by Crippen LogP contribution is 2.22. The van der Waals surface area contributed by atoms with Gasteiger partial charge in [-0.15, -0.1) is 0 Å². The predicted octanol–water partition coefficient (Wildman–Crippen LogP) is 2.21. The molecule has 2 rings (SSSR count). The Morgan fingerprint density at radius 2 is 2.12 bits per heavy atom. The van der Waals surface area contributed by atoms with E-state index in [9.17, 15) is 13.2 Å². The van der Waals surface area contributed by atoms with Gasteiger partial charge in [0.15, 0.2) is 15.5 Å². The number of hydrogen-bond donors (Lipinski definition) is 2. The van der Waals surface area contributed by atoms with Gasteiger partial charge in [0.25, 0.3) is 0 Å². The third-order valence-electron chi connectivity index (χ3n) is 3.66. The van der Waals surface area contributed by atoms with Crippen LogP contribution in [0.4, 0.5) is 10.5 Å². The topological polar surface area (TPSA) is 121 Å². The summed E-state index contributed by atoms with van der Waals surface area (Å²) in [6, 6.07) is 2.64. The number of hydrogen-bond acceptors (Lipinski definition) is 7. The molecule has 1 aromatic heterocycles. The van der Waals surface area contributed by atoms with E-state index in [1.165, 1.54) is 6.20 Å². The molecule has 1 amide bonds. The normalized spacial score (nSPS) is 22.1. The molecule has 10 heteroatoms. The van der Waals surface area contributed by atoms with Gasteiger partial charge in [-0.3, -0.25) is 0 Å². The minimum absolute atomic E-state index is 0.000952. The molecule has 0 aliphatic carbocycles. The number of nitriles is 1. The third kappa shape index (κ3) is 5.85. The number of ether oxygens (including phenoxy) is 1. The molecule has 142 valence electrons. The van der Waals surface area contributed by atoms with Gasteiger partial charge >= 0.3 is 6.09 Å². The Kier molecular flexibility index (Phi) is 6.13. The maximum atomic E-state index is 12.1. The average molecular weight is 445 g/mol. The second-order valence-electron chi connectivity index (χ2n) is 7.07. The Bertz CT molecular complexity index is 830. The van der Waals surface area contributed by atoms with E-state index in [2.05, 4.69) is 31.5 Å². The zero-order valence-corrected chi connectivity index (χ0v) is 17.1. The number of anilines is 1. The van der Waals surface area contributed by atoms with Crippen LogP contribution in [0.1, 0.15) is 32.9 Å². The van der Waals surface area contributed by atoms with E-state index in [1.54, 1.807) is 26.8 Å². The summed E-state index contributed by atoms with van der Waals surface area (Å²) >= 11 is 3.25. The van der Waals surface area contributed by atoms with Gasteiger partial charge < -0.3 is 15.4 Å². The fraction of sp³-hybridized carbons (Fsp3) is 0.562. The molecular formula is C16H21BrN4O4S. The molecule has 0 aromatic carbocycles. The smallest absolute Gasteiger partial charge is 0.407 e. The van der Waals surface area contributed by atoms with Crippen molar-refractivity contribution in [1.82, 2.24) is 10.3 Å². The van der Waals surface area contributed by atoms with E-state index in [4.69, 9.17) is 10.00 Å². The number of alkyl carbamates (subject to hydrolysis) is 1. The summed E-state index contributed by atoms with van der Waals surface area (Å²) in [5.41, 5.74) is 0.138. The molecule has 1 aliphatic rings. The van der Waals surface area contributed by atoms with Gasteiger partial charge in [0.1, 0.15) is 11.7 Å². The third-order valence-corrected chi connectivity index (χ3v) is 5.99. The Morgan fingerprint density at radius 3 is 2.69 bits per heavy atom. The summed E-state index contributed by atoms with van der Waals surface area (Å²) in [5.74, 6) is -0.119. The van der Waals surface area contributed by atoms with Gasteiger partial charge in [-0.25, -0.2) is 18.2 Å². The first kappa shape index (κ1) is 20.5. The van der Waals surface area contributed by atoms with Crippen molar-refractivity contribution < 1.29 is 17.9 Å². The van der Waals surface area contributed by atoms with Crippen molar-refractivity contribution in [3.63, 3.8) is 0 Å². The van der Waals surface area contributed by atoms with Gasteiger partial charge in [0.2, 0.25) is 0 Å². The molecule has 2 N–H and O–H groups in total. The fourth-order valence-electron chi connectivity index (χ4n) is 2.57. The first-order valence-corrected chi connectivity index (χ1v) is 10.6. The first-order chi connectivity index (χ1) is 12.0. The van der Waals surface area contributed by atoms with Gasteiger partial charge in [-0.2, -0.15) is 5.26 Å². The molecule has 2 heterocycles. The summed E-state index contributed by atoms with van der Waals surface area (Å²) in [5, 5.41) is 14.8. The van der Waals surface area contributed by atoms with Crippen LogP contribution in [0.15, 0.2) is 16.7 Å². The number of pyridine rings is 1. The molecular weight excluding hydrogens is 424 g/mol. The number of nitrogens with one attached hydrogen (secondary N) is 2. The van der Waals surface area contributed by atoms with Crippen LogP contribution >= 0.6 is 15.9 Å². The predicted molar refractivity (Wildman–Crippen MR) is 100 cm³/mol. The van der Waals surface area contributed by atoms with Crippen molar-refractivity contribution in [3.8, 4) is 6.07 Å². The lowest BCUT2D eigenvalue weighted by Crippen LogP contribution is -2.54. The second kappa shape index (κ2) is 7.80. The lowest BCUT2D eigenvalue weighted by Gasteiger charge is -2.33. The summed E-state index contributed by atoms with van der Waals surface area (Å²) in [4.78, 5) is 16.1. The molecule has 0 saturated carbocycles. The van der Waals surface area contributed by atoms with Crippen molar-refractivity contribution in [1.29, 1.82) is 5.26 Å². The minimum Gasteiger partial charge on any atom is -0.444 e. The highest BCUT2D eigenvalue weighted by atomic mass is 79.9. The number of sulfone groups is 1. The first-order valence-electron chi connectivity index (χ1n) is 8.01. The maximum absolute atomic E-state index is 12.1. The number of carbonyl (C=O) groups is 1. The fourth-order valence-corrected chi connectivity index (χ4v) is 4.65. The van der Waals surface area contributed by atoms with Crippen LogP contribution in [-0.2, 0) is 14.6 Å². The van der Waals surface area contributed by atoms with Crippen molar-refractivity contribution >= 4 is 37.5 Å². The van der Waals surface area contributed by atoms with Gasteiger partial charge in [-0.05, 0) is 49.2 Å². The summed E-state index contributed by atoms with van der Waals surface area (Å²) in [7, 11) is -3.22. The molecule has 2 atom stereocenters. The second-order valence-corrected chi connectivity index (χ2v) is 10.2. The summed E-state index contributed by atoms with van der Waals surface area (Å²) in [6.45, 7) is 5.27. The number of amides is 1. The number of carbonyl (C=O) groups excluding carboxylic acids is 1. The van der Waals surface area contributed by atoms with E-state index in [0.29, 0.717) is 10.2 Å². The van der Waals surface area contributed by atoms with Gasteiger partial charge in [-0.1, -0.05) is 0 Å². The molecule has 1 fully saturated rings. The lowest BCUT2D eigenvalue weighted by molar-refractivity contribution is 0.0498. The minimum atomic E-state index is -3.22. The van der Waals surface area contributed by atoms with E-state index in [1.807, 2.05) is 6.07 Å². The molecule has 0 unspecified atom stereocenters. The number of aromatic nitrogens is 1. The summed E-state index contributed by atoms with van der Waals surface area (Å²) < 4.78 is 29.8. The van der Waals surface area contributed by atoms with E-state index in [-0.39, 0.29) is 23.6 Å². The number of rotatable bonds is 3. The highest BCUT2D eigenvalue weighted by Gasteiger charge is 2.35. The molecule has 0 radical (unpaired) electrons. The molecule has 8 nitrogen and oxygen atoms in total. The zero-order chi connectivity index (χ0) is 19.5. The molecule has 0 bridgehead atoms. The van der Waals surface area contributed by atoms with E-state index >= 15 is 0 Å². The molecule has 1 aromatic rings. The molecule has 0 spiro atoms. The monoisotopic (exact) mass is 444 g/mol. The number of nitrogens with zero attached hydrogens (tertiary/aromatic N) is 2. The molecule has 1 aliphatic heterocycles. The molecule has 26 heavy (non-hydrogen) atoms. The van der Waals surface area contributed by atoms with Crippen LogP contribution in [-0.4, -0.2) is 48.7 Å². The quantitative estimate of drug-likeness (QED) is 0.732. The zero-order valence-electron chi connectivity index (χ0n) is 14.7. The maximum Gasteiger partial charge on any atom is 0.407 e. The highest BCUT2D eigenvalue weighted by molar-refractivity contribution is 9.10. The van der Waals surface area contributed by atoms with Crippen LogP contribution in [0.25, 0.3) is 0 Å². The van der Waals surface area contributed by atoms with Crippen molar-refractivity contribution in [2.75, 3.05) is 16.8 Å². The van der Waals surface area contributed by atoms with Crippen LogP contribution in [0.5, 0.6) is 0 Å². The van der Waals surface area contributed by atoms with Gasteiger partial charge in [0, 0.05) is 0 Å².